The van der Waals surface area contributed by atoms with Crippen LogP contribution in [0, 0.1) is 5.92 Å². The van der Waals surface area contributed by atoms with Crippen LogP contribution in [0.5, 0.6) is 0 Å². The Hall–Kier alpha value is -0.863. The van der Waals surface area contributed by atoms with E-state index < -0.39 is 8.32 Å². The van der Waals surface area contributed by atoms with Gasteiger partial charge in [0.15, 0.2) is 8.32 Å². The highest BCUT2D eigenvalue weighted by Gasteiger charge is 2.29. The molecular formula is C16H24OSi. The zero-order valence-electron chi connectivity index (χ0n) is 11.7. The maximum absolute atomic E-state index is 6.41. The van der Waals surface area contributed by atoms with Crippen molar-refractivity contribution in [2.24, 2.45) is 5.92 Å². The van der Waals surface area contributed by atoms with Crippen LogP contribution < -0.4 is 0 Å². The minimum atomic E-state index is -1.47. The molecule has 98 valence electrons. The third-order valence-electron chi connectivity index (χ3n) is 3.67. The Bertz CT molecular complexity index is 397. The van der Waals surface area contributed by atoms with Crippen LogP contribution in [0.25, 0.3) is 0 Å². The molecule has 0 N–H and O–H groups in total. The molecule has 0 amide bonds. The van der Waals surface area contributed by atoms with Crippen molar-refractivity contribution in [1.82, 2.24) is 0 Å². The highest BCUT2D eigenvalue weighted by molar-refractivity contribution is 6.71. The topological polar surface area (TPSA) is 9.23 Å². The average molecular weight is 260 g/mol. The van der Waals surface area contributed by atoms with Crippen LogP contribution in [0.2, 0.25) is 19.1 Å². The molecule has 2 atom stereocenters. The van der Waals surface area contributed by atoms with Crippen LogP contribution in [0.1, 0.15) is 18.9 Å². The smallest absolute Gasteiger partial charge is 0.190 e. The molecule has 0 aliphatic carbocycles. The highest BCUT2D eigenvalue weighted by atomic mass is 28.4. The summed E-state index contributed by atoms with van der Waals surface area (Å²) in [5, 5.41) is 0. The van der Waals surface area contributed by atoms with Gasteiger partial charge < -0.3 is 4.43 Å². The minimum Gasteiger partial charge on any atom is -0.414 e. The van der Waals surface area contributed by atoms with E-state index in [0.717, 1.165) is 18.9 Å². The number of rotatable bonds is 3. The zero-order valence-corrected chi connectivity index (χ0v) is 12.7. The van der Waals surface area contributed by atoms with Crippen molar-refractivity contribution in [1.29, 1.82) is 0 Å². The van der Waals surface area contributed by atoms with E-state index in [1.54, 1.807) is 0 Å². The fourth-order valence-corrected chi connectivity index (χ4v) is 4.48. The van der Waals surface area contributed by atoms with E-state index in [-0.39, 0.29) is 0 Å². The first-order chi connectivity index (χ1) is 8.57. The summed E-state index contributed by atoms with van der Waals surface area (Å²) in [5.74, 6) is 0.544. The lowest BCUT2D eigenvalue weighted by molar-refractivity contribution is 0.148. The predicted octanol–water partition coefficient (Wildman–Crippen LogP) is 4.42. The summed E-state index contributed by atoms with van der Waals surface area (Å²) >= 11 is 0. The predicted molar refractivity (Wildman–Crippen MR) is 80.2 cm³/mol. The van der Waals surface area contributed by atoms with Gasteiger partial charge in [-0.2, -0.15) is 0 Å². The molecule has 1 heterocycles. The molecule has 1 aromatic carbocycles. The Kier molecular flexibility index (Phi) is 4.41. The maximum atomic E-state index is 6.41. The molecule has 0 saturated carbocycles. The highest BCUT2D eigenvalue weighted by Crippen LogP contribution is 2.26. The molecule has 2 rings (SSSR count). The second-order valence-electron chi connectivity index (χ2n) is 5.93. The Morgan fingerprint density at radius 1 is 1.22 bits per heavy atom. The third kappa shape index (κ3) is 3.82. The van der Waals surface area contributed by atoms with Crippen molar-refractivity contribution in [2.45, 2.75) is 45.0 Å². The zero-order chi connectivity index (χ0) is 13.0. The molecule has 18 heavy (non-hydrogen) atoms. The molecule has 0 bridgehead atoms. The van der Waals surface area contributed by atoms with Crippen LogP contribution in [0.4, 0.5) is 0 Å². The van der Waals surface area contributed by atoms with Crippen LogP contribution >= 0.6 is 0 Å². The maximum Gasteiger partial charge on any atom is 0.190 e. The molecule has 0 radical (unpaired) electrons. The average Bonchev–Trinajstić information content (AvgIpc) is 2.47. The van der Waals surface area contributed by atoms with Gasteiger partial charge in [0.25, 0.3) is 0 Å². The van der Waals surface area contributed by atoms with E-state index in [9.17, 15) is 0 Å². The molecule has 0 fully saturated rings. The molecule has 1 nitrogen and oxygen atoms in total. The molecule has 0 saturated heterocycles. The van der Waals surface area contributed by atoms with Gasteiger partial charge in [0, 0.05) is 0 Å². The van der Waals surface area contributed by atoms with Gasteiger partial charge in [-0.05, 0) is 43.5 Å². The fraction of sp³-hybridized carbons (Fsp3) is 0.500. The minimum absolute atomic E-state index is 0.394. The number of aryl methyl sites for hydroxylation is 1. The van der Waals surface area contributed by atoms with E-state index in [2.05, 4.69) is 62.5 Å². The summed E-state index contributed by atoms with van der Waals surface area (Å²) in [5.41, 5.74) is 1.42. The first-order valence-electron chi connectivity index (χ1n) is 6.95. The lowest BCUT2D eigenvalue weighted by Gasteiger charge is -2.29. The number of allylic oxidation sites excluding steroid dienone is 1. The second kappa shape index (κ2) is 5.85. The van der Waals surface area contributed by atoms with Crippen molar-refractivity contribution in [3.63, 3.8) is 0 Å². The van der Waals surface area contributed by atoms with Crippen molar-refractivity contribution in [2.75, 3.05) is 0 Å². The second-order valence-corrected chi connectivity index (χ2v) is 10.1. The molecule has 1 aromatic rings. The van der Waals surface area contributed by atoms with Crippen LogP contribution in [-0.2, 0) is 10.8 Å². The molecule has 0 aromatic heterocycles. The molecule has 0 unspecified atom stereocenters. The molecule has 0 spiro atoms. The van der Waals surface area contributed by atoms with E-state index in [1.165, 1.54) is 5.56 Å². The summed E-state index contributed by atoms with van der Waals surface area (Å²) in [7, 11) is -1.47. The normalized spacial score (nSPS) is 26.8. The summed E-state index contributed by atoms with van der Waals surface area (Å²) in [6.07, 6.45) is 7.32. The summed E-state index contributed by atoms with van der Waals surface area (Å²) in [6.45, 7) is 6.93. The van der Waals surface area contributed by atoms with Gasteiger partial charge in [-0.15, -0.1) is 0 Å². The van der Waals surface area contributed by atoms with Crippen LogP contribution in [0.3, 0.4) is 0 Å². The van der Waals surface area contributed by atoms with Gasteiger partial charge in [-0.1, -0.05) is 49.4 Å². The van der Waals surface area contributed by atoms with Crippen molar-refractivity contribution < 1.29 is 4.43 Å². The summed E-state index contributed by atoms with van der Waals surface area (Å²) in [6, 6.07) is 11.9. The quantitative estimate of drug-likeness (QED) is 0.577. The summed E-state index contributed by atoms with van der Waals surface area (Å²) in [4.78, 5) is 0. The van der Waals surface area contributed by atoms with Gasteiger partial charge in [0.05, 0.1) is 6.10 Å². The first kappa shape index (κ1) is 13.6. The van der Waals surface area contributed by atoms with Crippen molar-refractivity contribution >= 4 is 8.32 Å². The number of hydrogen-bond acceptors (Lipinski definition) is 1. The Labute approximate surface area is 112 Å². The largest absolute Gasteiger partial charge is 0.414 e. The van der Waals surface area contributed by atoms with Crippen molar-refractivity contribution in [3.05, 3.63) is 48.0 Å². The van der Waals surface area contributed by atoms with Crippen LogP contribution in [0.15, 0.2) is 42.5 Å². The Morgan fingerprint density at radius 2 is 1.94 bits per heavy atom. The van der Waals surface area contributed by atoms with E-state index in [0.29, 0.717) is 12.0 Å². The summed E-state index contributed by atoms with van der Waals surface area (Å²) < 4.78 is 6.41. The third-order valence-corrected chi connectivity index (χ3v) is 5.83. The Balaban J connectivity index is 1.97. The van der Waals surface area contributed by atoms with Gasteiger partial charge in [-0.3, -0.25) is 0 Å². The Morgan fingerprint density at radius 3 is 2.67 bits per heavy atom. The molecule has 1 aliphatic heterocycles. The lowest BCUT2D eigenvalue weighted by atomic mass is 9.97. The molecule has 1 aliphatic rings. The van der Waals surface area contributed by atoms with Gasteiger partial charge >= 0.3 is 0 Å². The van der Waals surface area contributed by atoms with Crippen molar-refractivity contribution in [3.8, 4) is 0 Å². The number of benzene rings is 1. The standard InChI is InChI=1S/C16H24OSi/c1-14-8-7-13-18(2,3)17-16(14)12-11-15-9-5-4-6-10-15/h4-10,14,16H,11-13H2,1-3H3/t14-,16-/m1/s1. The molecule has 2 heteroatoms. The van der Waals surface area contributed by atoms with E-state index >= 15 is 0 Å². The van der Waals surface area contributed by atoms with E-state index in [4.69, 9.17) is 4.43 Å². The monoisotopic (exact) mass is 260 g/mol. The van der Waals surface area contributed by atoms with Gasteiger partial charge in [-0.25, -0.2) is 0 Å². The molecular weight excluding hydrogens is 236 g/mol. The van der Waals surface area contributed by atoms with Gasteiger partial charge in [0.2, 0.25) is 0 Å². The number of hydrogen-bond donors (Lipinski definition) is 0. The first-order valence-corrected chi connectivity index (χ1v) is 10.1. The van der Waals surface area contributed by atoms with Crippen LogP contribution in [-0.4, -0.2) is 14.4 Å². The van der Waals surface area contributed by atoms with E-state index in [1.807, 2.05) is 0 Å². The fourth-order valence-electron chi connectivity index (χ4n) is 2.53. The van der Waals surface area contributed by atoms with Gasteiger partial charge in [0.1, 0.15) is 0 Å². The lowest BCUT2D eigenvalue weighted by Crippen LogP contribution is -2.36. The SMILES string of the molecule is C[C@@H]1C=CC[Si](C)(C)O[C@@H]1CCc1ccccc1.